The summed E-state index contributed by atoms with van der Waals surface area (Å²) in [6, 6.07) is 3.53. The molecule has 4 N–H and O–H groups in total. The molecule has 3 rings (SSSR count). The Morgan fingerprint density at radius 3 is 3.08 bits per heavy atom. The molecule has 0 fully saturated rings. The monoisotopic (exact) mass is 352 g/mol. The van der Waals surface area contributed by atoms with E-state index in [-0.39, 0.29) is 17.8 Å². The van der Waals surface area contributed by atoms with Crippen LogP contribution in [-0.4, -0.2) is 39.0 Å². The van der Waals surface area contributed by atoms with Gasteiger partial charge < -0.3 is 20.8 Å². The predicted octanol–water partition coefficient (Wildman–Crippen LogP) is 2.17. The van der Waals surface area contributed by atoms with Gasteiger partial charge in [0.05, 0.1) is 24.5 Å². The van der Waals surface area contributed by atoms with Crippen molar-refractivity contribution >= 4 is 28.8 Å². The van der Waals surface area contributed by atoms with Crippen molar-refractivity contribution < 1.29 is 9.53 Å². The van der Waals surface area contributed by atoms with E-state index < -0.39 is 0 Å². The van der Waals surface area contributed by atoms with E-state index in [0.29, 0.717) is 23.5 Å². The maximum atomic E-state index is 12.3. The molecule has 3 aromatic heterocycles. The number of pyridine rings is 2. The molecule has 0 bridgehead atoms. The number of fused-ring (bicyclic) bond motifs is 1. The third-order valence-electron chi connectivity index (χ3n) is 3.79. The minimum atomic E-state index is -0.271. The van der Waals surface area contributed by atoms with Gasteiger partial charge in [-0.25, -0.2) is 9.97 Å². The van der Waals surface area contributed by atoms with E-state index >= 15 is 0 Å². The van der Waals surface area contributed by atoms with Gasteiger partial charge in [-0.3, -0.25) is 9.78 Å². The number of imidazole rings is 1. The first kappa shape index (κ1) is 17.4. The third kappa shape index (κ3) is 3.80. The molecular weight excluding hydrogens is 332 g/mol. The molecule has 0 aliphatic carbocycles. The smallest absolute Gasteiger partial charge is 0.287 e. The van der Waals surface area contributed by atoms with Crippen molar-refractivity contribution in [1.82, 2.24) is 25.3 Å². The second-order valence-electron chi connectivity index (χ2n) is 5.82. The van der Waals surface area contributed by atoms with Gasteiger partial charge in [-0.2, -0.15) is 0 Å². The number of amides is 1. The SMILES string of the molecule is COc1c(N)cncc1/C=C/C[C@H](C)NC(=O)c1nc2ncccc2[nH]1. The van der Waals surface area contributed by atoms with Crippen LogP contribution in [0.3, 0.4) is 0 Å². The largest absolute Gasteiger partial charge is 0.494 e. The van der Waals surface area contributed by atoms with Crippen LogP contribution in [0.4, 0.5) is 5.69 Å². The summed E-state index contributed by atoms with van der Waals surface area (Å²) in [6.45, 7) is 1.91. The highest BCUT2D eigenvalue weighted by atomic mass is 16.5. The Kier molecular flexibility index (Phi) is 5.12. The van der Waals surface area contributed by atoms with E-state index in [1.165, 1.54) is 0 Å². The molecule has 1 amide bonds. The van der Waals surface area contributed by atoms with E-state index in [1.807, 2.05) is 25.1 Å². The fourth-order valence-corrected chi connectivity index (χ4v) is 2.54. The molecule has 8 heteroatoms. The first-order chi connectivity index (χ1) is 12.6. The third-order valence-corrected chi connectivity index (χ3v) is 3.79. The van der Waals surface area contributed by atoms with Crippen molar-refractivity contribution in [1.29, 1.82) is 0 Å². The number of aromatic amines is 1. The fourth-order valence-electron chi connectivity index (χ4n) is 2.54. The minimum Gasteiger partial charge on any atom is -0.494 e. The van der Waals surface area contributed by atoms with Gasteiger partial charge >= 0.3 is 0 Å². The van der Waals surface area contributed by atoms with Gasteiger partial charge in [0.2, 0.25) is 0 Å². The van der Waals surface area contributed by atoms with Gasteiger partial charge in [0, 0.05) is 24.0 Å². The average molecular weight is 352 g/mol. The maximum Gasteiger partial charge on any atom is 0.287 e. The fraction of sp³-hybridized carbons (Fsp3) is 0.222. The van der Waals surface area contributed by atoms with Crippen LogP contribution in [0, 0.1) is 0 Å². The lowest BCUT2D eigenvalue weighted by molar-refractivity contribution is 0.0931. The zero-order chi connectivity index (χ0) is 18.5. The Labute approximate surface area is 150 Å². The van der Waals surface area contributed by atoms with Crippen LogP contribution < -0.4 is 15.8 Å². The second-order valence-corrected chi connectivity index (χ2v) is 5.82. The van der Waals surface area contributed by atoms with E-state index in [4.69, 9.17) is 10.5 Å². The Bertz CT molecular complexity index is 917. The average Bonchev–Trinajstić information content (AvgIpc) is 3.06. The number of methoxy groups -OCH3 is 1. The number of ether oxygens (including phenoxy) is 1. The van der Waals surface area contributed by atoms with Crippen LogP contribution in [0.2, 0.25) is 0 Å². The molecule has 134 valence electrons. The zero-order valence-electron chi connectivity index (χ0n) is 14.6. The number of H-pyrrole nitrogens is 1. The number of nitrogens with one attached hydrogen (secondary N) is 2. The highest BCUT2D eigenvalue weighted by molar-refractivity contribution is 5.93. The van der Waals surface area contributed by atoms with Crippen molar-refractivity contribution in [3.05, 3.63) is 48.2 Å². The topological polar surface area (TPSA) is 119 Å². The van der Waals surface area contributed by atoms with E-state index in [0.717, 1.165) is 11.1 Å². The number of rotatable bonds is 6. The molecule has 0 aliphatic heterocycles. The molecular formula is C18H20N6O2. The minimum absolute atomic E-state index is 0.0834. The molecule has 3 heterocycles. The molecule has 26 heavy (non-hydrogen) atoms. The van der Waals surface area contributed by atoms with Crippen molar-refractivity contribution in [3.8, 4) is 5.75 Å². The van der Waals surface area contributed by atoms with Crippen LogP contribution in [0.15, 0.2) is 36.8 Å². The summed E-state index contributed by atoms with van der Waals surface area (Å²) in [7, 11) is 1.56. The molecule has 0 saturated heterocycles. The summed E-state index contributed by atoms with van der Waals surface area (Å²) >= 11 is 0. The molecule has 3 aromatic rings. The Balaban J connectivity index is 1.61. The van der Waals surface area contributed by atoms with Crippen molar-refractivity contribution in [3.63, 3.8) is 0 Å². The lowest BCUT2D eigenvalue weighted by atomic mass is 10.1. The van der Waals surface area contributed by atoms with Crippen molar-refractivity contribution in [2.24, 2.45) is 0 Å². The number of nitrogen functional groups attached to an aromatic ring is 1. The van der Waals surface area contributed by atoms with Crippen LogP contribution in [0.5, 0.6) is 5.75 Å². The number of nitrogens with zero attached hydrogens (tertiary/aromatic N) is 3. The summed E-state index contributed by atoms with van der Waals surface area (Å²) in [6.07, 6.45) is 9.29. The van der Waals surface area contributed by atoms with Crippen LogP contribution >= 0.6 is 0 Å². The number of anilines is 1. The number of carbonyl (C=O) groups excluding carboxylic acids is 1. The molecule has 0 aliphatic rings. The Morgan fingerprint density at radius 2 is 2.31 bits per heavy atom. The molecule has 0 unspecified atom stereocenters. The highest BCUT2D eigenvalue weighted by Gasteiger charge is 2.14. The van der Waals surface area contributed by atoms with Crippen molar-refractivity contribution in [2.75, 3.05) is 12.8 Å². The number of hydrogen-bond acceptors (Lipinski definition) is 6. The molecule has 0 radical (unpaired) electrons. The normalized spacial score (nSPS) is 12.4. The first-order valence-electron chi connectivity index (χ1n) is 8.14. The van der Waals surface area contributed by atoms with Gasteiger partial charge in [-0.15, -0.1) is 0 Å². The zero-order valence-corrected chi connectivity index (χ0v) is 14.6. The van der Waals surface area contributed by atoms with Crippen LogP contribution in [0.1, 0.15) is 29.5 Å². The molecule has 1 atom stereocenters. The highest BCUT2D eigenvalue weighted by Crippen LogP contribution is 2.25. The predicted molar refractivity (Wildman–Crippen MR) is 99.7 cm³/mol. The van der Waals surface area contributed by atoms with Gasteiger partial charge in [0.25, 0.3) is 5.91 Å². The lowest BCUT2D eigenvalue weighted by Crippen LogP contribution is -2.32. The molecule has 8 nitrogen and oxygen atoms in total. The molecule has 0 spiro atoms. The van der Waals surface area contributed by atoms with Gasteiger partial charge in [-0.1, -0.05) is 12.2 Å². The molecule has 0 aromatic carbocycles. The summed E-state index contributed by atoms with van der Waals surface area (Å²) in [5.41, 5.74) is 8.35. The summed E-state index contributed by atoms with van der Waals surface area (Å²) in [5, 5.41) is 2.90. The summed E-state index contributed by atoms with van der Waals surface area (Å²) in [4.78, 5) is 27.6. The first-order valence-corrected chi connectivity index (χ1v) is 8.14. The number of nitrogens with two attached hydrogens (primary N) is 1. The Hall–Kier alpha value is -3.42. The standard InChI is InChI=1S/C18H20N6O2/c1-11(5-3-6-12-9-20-10-13(19)15(12)26-2)22-18(25)17-23-14-7-4-8-21-16(14)24-17/h3-4,6-11H,5,19H2,1-2H3,(H,22,25)(H,21,23,24)/b6-3+/t11-/m0/s1. The van der Waals surface area contributed by atoms with E-state index in [1.54, 1.807) is 31.8 Å². The summed E-state index contributed by atoms with van der Waals surface area (Å²) in [5.74, 6) is 0.561. The molecule has 0 saturated carbocycles. The quantitative estimate of drug-likeness (QED) is 0.625. The van der Waals surface area contributed by atoms with Gasteiger partial charge in [0.15, 0.2) is 17.2 Å². The van der Waals surface area contributed by atoms with E-state index in [9.17, 15) is 4.79 Å². The summed E-state index contributed by atoms with van der Waals surface area (Å²) < 4.78 is 5.28. The van der Waals surface area contributed by atoms with Crippen LogP contribution in [-0.2, 0) is 0 Å². The van der Waals surface area contributed by atoms with E-state index in [2.05, 4.69) is 25.3 Å². The van der Waals surface area contributed by atoms with Gasteiger partial charge in [-0.05, 0) is 25.5 Å². The van der Waals surface area contributed by atoms with Gasteiger partial charge in [0.1, 0.15) is 0 Å². The second kappa shape index (κ2) is 7.64. The van der Waals surface area contributed by atoms with Crippen molar-refractivity contribution in [2.45, 2.75) is 19.4 Å². The lowest BCUT2D eigenvalue weighted by Gasteiger charge is -2.10. The number of aromatic nitrogens is 4. The number of hydrogen-bond donors (Lipinski definition) is 3. The number of carbonyl (C=O) groups is 1. The maximum absolute atomic E-state index is 12.3. The van der Waals surface area contributed by atoms with Crippen LogP contribution in [0.25, 0.3) is 17.2 Å². The Morgan fingerprint density at radius 1 is 1.46 bits per heavy atom.